The van der Waals surface area contributed by atoms with E-state index < -0.39 is 58.0 Å². The van der Waals surface area contributed by atoms with Crippen molar-refractivity contribution in [1.29, 1.82) is 0 Å². The second kappa shape index (κ2) is 9.32. The maximum absolute atomic E-state index is 14.0. The summed E-state index contributed by atoms with van der Waals surface area (Å²) in [7, 11) is 4.54. The van der Waals surface area contributed by atoms with Gasteiger partial charge in [0.15, 0.2) is 11.4 Å². The van der Waals surface area contributed by atoms with Gasteiger partial charge in [0.2, 0.25) is 5.78 Å². The molecule has 0 unspecified atom stereocenters. The van der Waals surface area contributed by atoms with Crippen LogP contribution in [0.3, 0.4) is 0 Å². The molecule has 11 nitrogen and oxygen atoms in total. The number of aliphatic hydroxyl groups excluding tert-OH is 2. The number of aldehydes is 1. The van der Waals surface area contributed by atoms with Gasteiger partial charge in [0.05, 0.1) is 18.7 Å². The van der Waals surface area contributed by atoms with Crippen molar-refractivity contribution in [1.82, 2.24) is 4.90 Å². The van der Waals surface area contributed by atoms with E-state index in [0.29, 0.717) is 34.3 Å². The predicted molar refractivity (Wildman–Crippen MR) is 142 cm³/mol. The number of carbonyl (C=O) groups is 4. The van der Waals surface area contributed by atoms with E-state index in [-0.39, 0.29) is 29.7 Å². The molecular formula is C29H28N2O9. The van der Waals surface area contributed by atoms with Crippen molar-refractivity contribution in [3.63, 3.8) is 0 Å². The average Bonchev–Trinajstić information content (AvgIpc) is 2.90. The number of Topliss-reactive ketones (excluding diaryl/α,β-unsaturated/α-hetero) is 2. The molecule has 3 aliphatic carbocycles. The van der Waals surface area contributed by atoms with Gasteiger partial charge in [-0.15, -0.1) is 0 Å². The summed E-state index contributed by atoms with van der Waals surface area (Å²) < 4.78 is 5.49. The van der Waals surface area contributed by atoms with E-state index >= 15 is 0 Å². The number of primary amides is 1. The average molecular weight is 549 g/mol. The number of phenols is 1. The lowest BCUT2D eigenvalue weighted by Gasteiger charge is -2.50. The van der Waals surface area contributed by atoms with Gasteiger partial charge in [-0.1, -0.05) is 6.07 Å². The number of phenolic OH excluding ortho intramolecular Hbond substituents is 1. The Labute approximate surface area is 228 Å². The molecule has 0 bridgehead atoms. The first-order valence-corrected chi connectivity index (χ1v) is 12.5. The van der Waals surface area contributed by atoms with Gasteiger partial charge in [-0.2, -0.15) is 0 Å². The largest absolute Gasteiger partial charge is 0.508 e. The Morgan fingerprint density at radius 1 is 1.12 bits per heavy atom. The lowest BCUT2D eigenvalue weighted by molar-refractivity contribution is -0.153. The van der Waals surface area contributed by atoms with Crippen LogP contribution in [0.4, 0.5) is 0 Å². The van der Waals surface area contributed by atoms with Crippen LogP contribution in [0, 0.1) is 11.8 Å². The van der Waals surface area contributed by atoms with Crippen molar-refractivity contribution < 1.29 is 44.3 Å². The first-order valence-electron chi connectivity index (χ1n) is 12.5. The van der Waals surface area contributed by atoms with Gasteiger partial charge in [0.1, 0.15) is 34.9 Å². The number of likely N-dealkylation sites (N-methyl/N-ethyl adjacent to an activating group) is 1. The van der Waals surface area contributed by atoms with Crippen LogP contribution in [0.25, 0.3) is 16.9 Å². The molecule has 5 rings (SSSR count). The van der Waals surface area contributed by atoms with E-state index in [4.69, 9.17) is 10.5 Å². The monoisotopic (exact) mass is 548 g/mol. The second-order valence-electron chi connectivity index (χ2n) is 10.5. The summed E-state index contributed by atoms with van der Waals surface area (Å²) in [5.41, 5.74) is 3.37. The number of hydrogen-bond donors (Lipinski definition) is 5. The molecule has 4 atom stereocenters. The zero-order chi connectivity index (χ0) is 29.3. The minimum absolute atomic E-state index is 0.0353. The third-order valence-corrected chi connectivity index (χ3v) is 8.25. The number of amides is 1. The van der Waals surface area contributed by atoms with Crippen LogP contribution in [-0.2, 0) is 20.8 Å². The highest BCUT2D eigenvalue weighted by Gasteiger charge is 2.64. The summed E-state index contributed by atoms with van der Waals surface area (Å²) in [6.07, 6.45) is 0.743. The van der Waals surface area contributed by atoms with E-state index in [9.17, 15) is 39.6 Å². The van der Waals surface area contributed by atoms with Crippen molar-refractivity contribution in [2.24, 2.45) is 17.6 Å². The Kier molecular flexibility index (Phi) is 6.31. The number of ether oxygens (including phenoxy) is 1. The van der Waals surface area contributed by atoms with Gasteiger partial charge in [-0.05, 0) is 68.2 Å². The number of carbonyl (C=O) groups excluding carboxylic acids is 4. The summed E-state index contributed by atoms with van der Waals surface area (Å²) in [5.74, 6) is -6.75. The van der Waals surface area contributed by atoms with Crippen molar-refractivity contribution in [2.75, 3.05) is 21.2 Å². The first-order chi connectivity index (χ1) is 18.9. The Morgan fingerprint density at radius 2 is 1.82 bits per heavy atom. The maximum Gasteiger partial charge on any atom is 0.255 e. The molecule has 208 valence electrons. The molecule has 0 spiro atoms. The highest BCUT2D eigenvalue weighted by atomic mass is 16.5. The van der Waals surface area contributed by atoms with Crippen molar-refractivity contribution in [2.45, 2.75) is 24.5 Å². The lowest BCUT2D eigenvalue weighted by Crippen LogP contribution is -2.65. The topological polar surface area (TPSA) is 188 Å². The fraction of sp³-hybridized carbons (Fsp3) is 0.310. The van der Waals surface area contributed by atoms with E-state index in [1.807, 2.05) is 0 Å². The third-order valence-electron chi connectivity index (χ3n) is 8.25. The fourth-order valence-corrected chi connectivity index (χ4v) is 6.51. The molecule has 0 radical (unpaired) electrons. The maximum atomic E-state index is 14.0. The quantitative estimate of drug-likeness (QED) is 0.270. The standard InChI is InChI=1S/C29H28N2O9/c1-31(2)23-17-10-13-9-16-14(15-8-12(11-32)4-7-19(15)40-3)5-6-18(33)21(16)24(34)20(13)26(36)29(17,39)27(37)22(25(23)35)28(30)38/h4-8,11,13,17,23,33-34,37,39H,9-10H2,1-3H3,(H2,30,38)/t13-,17-,23-,29-/m1/s1. The number of fused-ring (bicyclic) bond motifs is 3. The molecule has 0 heterocycles. The van der Waals surface area contributed by atoms with Crippen LogP contribution >= 0.6 is 0 Å². The molecule has 0 saturated heterocycles. The van der Waals surface area contributed by atoms with E-state index in [2.05, 4.69) is 0 Å². The number of hydrogen-bond acceptors (Lipinski definition) is 10. The Balaban J connectivity index is 1.76. The van der Waals surface area contributed by atoms with Gasteiger partial charge >= 0.3 is 0 Å². The van der Waals surface area contributed by atoms with E-state index in [1.54, 1.807) is 24.3 Å². The summed E-state index contributed by atoms with van der Waals surface area (Å²) in [5, 5.41) is 44.9. The fourth-order valence-electron chi connectivity index (χ4n) is 6.51. The summed E-state index contributed by atoms with van der Waals surface area (Å²) >= 11 is 0. The van der Waals surface area contributed by atoms with Gasteiger partial charge in [-0.3, -0.25) is 24.1 Å². The first kappa shape index (κ1) is 27.1. The predicted octanol–water partition coefficient (Wildman–Crippen LogP) is 1.45. The highest BCUT2D eigenvalue weighted by Crippen LogP contribution is 2.54. The number of nitrogens with zero attached hydrogens (tertiary/aromatic N) is 1. The minimum Gasteiger partial charge on any atom is -0.508 e. The van der Waals surface area contributed by atoms with Crippen LogP contribution in [0.15, 0.2) is 47.2 Å². The van der Waals surface area contributed by atoms with Gasteiger partial charge in [-0.25, -0.2) is 0 Å². The number of aliphatic hydroxyl groups is 3. The Bertz CT molecular complexity index is 1570. The van der Waals surface area contributed by atoms with Crippen LogP contribution in [-0.4, -0.2) is 81.9 Å². The van der Waals surface area contributed by atoms with E-state index in [0.717, 1.165) is 0 Å². The van der Waals surface area contributed by atoms with Crippen molar-refractivity contribution in [3.05, 3.63) is 63.9 Å². The molecule has 2 aromatic carbocycles. The van der Waals surface area contributed by atoms with Crippen LogP contribution in [0.1, 0.15) is 27.9 Å². The number of methoxy groups -OCH3 is 1. The van der Waals surface area contributed by atoms with Gasteiger partial charge in [0.25, 0.3) is 5.91 Å². The summed E-state index contributed by atoms with van der Waals surface area (Å²) in [6, 6.07) is 6.57. The Morgan fingerprint density at radius 3 is 2.42 bits per heavy atom. The van der Waals surface area contributed by atoms with Crippen LogP contribution < -0.4 is 10.5 Å². The number of benzene rings is 2. The highest BCUT2D eigenvalue weighted by molar-refractivity contribution is 6.24. The zero-order valence-electron chi connectivity index (χ0n) is 22.0. The summed E-state index contributed by atoms with van der Waals surface area (Å²) in [6.45, 7) is 0. The molecule has 0 aliphatic heterocycles. The number of rotatable bonds is 5. The molecule has 1 amide bonds. The summed E-state index contributed by atoms with van der Waals surface area (Å²) in [4.78, 5) is 52.3. The molecular weight excluding hydrogens is 520 g/mol. The molecule has 2 aromatic rings. The normalized spacial score (nSPS) is 25.9. The van der Waals surface area contributed by atoms with E-state index in [1.165, 1.54) is 32.2 Å². The minimum atomic E-state index is -2.71. The molecule has 1 fully saturated rings. The number of aromatic hydroxyl groups is 1. The molecule has 1 saturated carbocycles. The lowest BCUT2D eigenvalue weighted by atomic mass is 9.57. The molecule has 11 heteroatoms. The second-order valence-corrected chi connectivity index (χ2v) is 10.5. The third kappa shape index (κ3) is 3.58. The van der Waals surface area contributed by atoms with Crippen molar-refractivity contribution in [3.8, 4) is 22.6 Å². The SMILES string of the molecule is COc1ccc(C=O)cc1-c1ccc(O)c2c1C[C@@H]1C[C@@H]3[C@@H](N(C)C)C(=O)C(C(N)=O)=C(O)[C@]3(O)C(=O)C1=C2O. The molecule has 40 heavy (non-hydrogen) atoms. The van der Waals surface area contributed by atoms with Crippen LogP contribution in [0.5, 0.6) is 11.5 Å². The molecule has 3 aliphatic rings. The molecule has 6 N–H and O–H groups in total. The van der Waals surface area contributed by atoms with Crippen LogP contribution in [0.2, 0.25) is 0 Å². The smallest absolute Gasteiger partial charge is 0.255 e. The molecule has 0 aromatic heterocycles. The van der Waals surface area contributed by atoms with Gasteiger partial charge < -0.3 is 30.9 Å². The van der Waals surface area contributed by atoms with Gasteiger partial charge in [0, 0.05) is 22.6 Å². The van der Waals surface area contributed by atoms with Crippen molar-refractivity contribution >= 4 is 29.5 Å². The Hall–Kier alpha value is -4.48. The number of nitrogens with two attached hydrogens (primary N) is 1. The number of ketones is 2. The zero-order valence-corrected chi connectivity index (χ0v) is 22.0.